The molecule has 0 amide bonds. The second kappa shape index (κ2) is 8.33. The highest BCUT2D eigenvalue weighted by atomic mass is 127. The molecule has 1 aromatic rings. The van der Waals surface area contributed by atoms with Crippen molar-refractivity contribution in [2.75, 3.05) is 19.0 Å². The summed E-state index contributed by atoms with van der Waals surface area (Å²) >= 11 is 0. The number of rotatable bonds is 4. The van der Waals surface area contributed by atoms with Gasteiger partial charge in [-0.25, -0.2) is 0 Å². The fourth-order valence-corrected chi connectivity index (χ4v) is 3.69. The number of aliphatic imine (C=N–C) groups is 1. The summed E-state index contributed by atoms with van der Waals surface area (Å²) in [5.41, 5.74) is 9.91. The summed E-state index contributed by atoms with van der Waals surface area (Å²) in [6.07, 6.45) is 9.56. The van der Waals surface area contributed by atoms with Gasteiger partial charge in [0, 0.05) is 12.8 Å². The summed E-state index contributed by atoms with van der Waals surface area (Å²) in [5.74, 6) is 0.486. The number of aryl methyl sites for hydroxylation is 2. The zero-order chi connectivity index (χ0) is 15.4. The largest absolute Gasteiger partial charge is 0.376 e. The summed E-state index contributed by atoms with van der Waals surface area (Å²) in [6.45, 7) is 0.646. The maximum Gasteiger partial charge on any atom is 0.193 e. The number of nitrogens with one attached hydrogen (secondary N) is 1. The van der Waals surface area contributed by atoms with Crippen molar-refractivity contribution in [3.05, 3.63) is 29.3 Å². The molecule has 1 fully saturated rings. The standard InChI is InChI=1S/C18H27N3O.HI/c1-22-18(10-3-2-4-11-18)13-20-17(19)21-16-9-8-14-6-5-7-15(14)12-16;/h8-9,12H,2-7,10-11,13H2,1H3,(H3,19,20,21);1H. The van der Waals surface area contributed by atoms with Crippen LogP contribution < -0.4 is 11.1 Å². The van der Waals surface area contributed by atoms with Gasteiger partial charge in [0.1, 0.15) is 0 Å². The molecule has 0 unspecified atom stereocenters. The van der Waals surface area contributed by atoms with Gasteiger partial charge < -0.3 is 15.8 Å². The fourth-order valence-electron chi connectivity index (χ4n) is 3.69. The average molecular weight is 429 g/mol. The van der Waals surface area contributed by atoms with Gasteiger partial charge in [-0.15, -0.1) is 24.0 Å². The predicted molar refractivity (Wildman–Crippen MR) is 107 cm³/mol. The molecule has 3 N–H and O–H groups in total. The highest BCUT2D eigenvalue weighted by Gasteiger charge is 2.31. The second-order valence-electron chi connectivity index (χ2n) is 6.61. The van der Waals surface area contributed by atoms with E-state index in [4.69, 9.17) is 10.5 Å². The Hall–Kier alpha value is -0.820. The zero-order valence-electron chi connectivity index (χ0n) is 13.9. The summed E-state index contributed by atoms with van der Waals surface area (Å²) in [7, 11) is 1.80. The monoisotopic (exact) mass is 429 g/mol. The summed E-state index contributed by atoms with van der Waals surface area (Å²) in [6, 6.07) is 6.51. The van der Waals surface area contributed by atoms with E-state index in [1.165, 1.54) is 49.7 Å². The number of guanidine groups is 1. The van der Waals surface area contributed by atoms with Crippen molar-refractivity contribution in [2.24, 2.45) is 10.7 Å². The Bertz CT molecular complexity index is 553. The number of nitrogens with two attached hydrogens (primary N) is 1. The predicted octanol–water partition coefficient (Wildman–Crippen LogP) is 3.87. The summed E-state index contributed by atoms with van der Waals surface area (Å²) in [5, 5.41) is 3.22. The minimum Gasteiger partial charge on any atom is -0.376 e. The van der Waals surface area contributed by atoms with E-state index in [0.717, 1.165) is 18.5 Å². The molecular formula is C18H28IN3O. The molecule has 0 atom stereocenters. The third kappa shape index (κ3) is 4.59. The molecule has 3 rings (SSSR count). The molecule has 5 heteroatoms. The van der Waals surface area contributed by atoms with Crippen molar-refractivity contribution in [3.63, 3.8) is 0 Å². The molecule has 1 saturated carbocycles. The second-order valence-corrected chi connectivity index (χ2v) is 6.61. The van der Waals surface area contributed by atoms with E-state index >= 15 is 0 Å². The van der Waals surface area contributed by atoms with Gasteiger partial charge in [-0.3, -0.25) is 4.99 Å². The van der Waals surface area contributed by atoms with Gasteiger partial charge in [-0.05, 0) is 55.4 Å². The Morgan fingerprint density at radius 3 is 2.65 bits per heavy atom. The van der Waals surface area contributed by atoms with Crippen LogP contribution in [0.1, 0.15) is 49.7 Å². The SMILES string of the molecule is COC1(CN=C(N)Nc2ccc3c(c2)CCC3)CCCCC1.I. The first-order chi connectivity index (χ1) is 10.7. The zero-order valence-corrected chi connectivity index (χ0v) is 16.3. The molecule has 0 heterocycles. The normalized spacial score (nSPS) is 19.8. The van der Waals surface area contributed by atoms with E-state index in [1.54, 1.807) is 7.11 Å². The van der Waals surface area contributed by atoms with E-state index < -0.39 is 0 Å². The lowest BCUT2D eigenvalue weighted by atomic mass is 9.85. The Balaban J connectivity index is 0.00000192. The highest BCUT2D eigenvalue weighted by molar-refractivity contribution is 14.0. The van der Waals surface area contributed by atoms with E-state index in [9.17, 15) is 0 Å². The van der Waals surface area contributed by atoms with Crippen LogP contribution in [0.2, 0.25) is 0 Å². The number of anilines is 1. The third-order valence-corrected chi connectivity index (χ3v) is 5.11. The van der Waals surface area contributed by atoms with Crippen LogP contribution >= 0.6 is 24.0 Å². The molecule has 4 nitrogen and oxygen atoms in total. The van der Waals surface area contributed by atoms with Crippen molar-refractivity contribution in [3.8, 4) is 0 Å². The van der Waals surface area contributed by atoms with E-state index in [1.807, 2.05) is 0 Å². The number of halogens is 1. The van der Waals surface area contributed by atoms with Crippen LogP contribution in [0.5, 0.6) is 0 Å². The van der Waals surface area contributed by atoms with Crippen LogP contribution in [0.25, 0.3) is 0 Å². The first kappa shape index (κ1) is 18.5. The van der Waals surface area contributed by atoms with Crippen LogP contribution in [0.15, 0.2) is 23.2 Å². The molecule has 0 spiro atoms. The Labute approximate surface area is 156 Å². The highest BCUT2D eigenvalue weighted by Crippen LogP contribution is 2.31. The van der Waals surface area contributed by atoms with Crippen molar-refractivity contribution in [1.82, 2.24) is 0 Å². The smallest absolute Gasteiger partial charge is 0.193 e. The minimum absolute atomic E-state index is 0. The number of nitrogens with zero attached hydrogens (tertiary/aromatic N) is 1. The Morgan fingerprint density at radius 1 is 1.17 bits per heavy atom. The molecule has 2 aliphatic rings. The van der Waals surface area contributed by atoms with Crippen LogP contribution in [0.3, 0.4) is 0 Å². The van der Waals surface area contributed by atoms with Crippen LogP contribution in [0.4, 0.5) is 5.69 Å². The number of benzene rings is 1. The molecule has 0 saturated heterocycles. The first-order valence-corrected chi connectivity index (χ1v) is 8.45. The summed E-state index contributed by atoms with van der Waals surface area (Å²) < 4.78 is 5.75. The first-order valence-electron chi connectivity index (χ1n) is 8.45. The van der Waals surface area contributed by atoms with Crippen molar-refractivity contribution in [1.29, 1.82) is 0 Å². The molecule has 0 aromatic heterocycles. The topological polar surface area (TPSA) is 59.6 Å². The van der Waals surface area contributed by atoms with Crippen LogP contribution in [0, 0.1) is 0 Å². The third-order valence-electron chi connectivity index (χ3n) is 5.11. The van der Waals surface area contributed by atoms with Gasteiger partial charge in [0.25, 0.3) is 0 Å². The number of methoxy groups -OCH3 is 1. The molecule has 0 aliphatic heterocycles. The molecule has 0 radical (unpaired) electrons. The van der Waals surface area contributed by atoms with Gasteiger partial charge in [0.05, 0.1) is 12.1 Å². The maximum absolute atomic E-state index is 6.07. The van der Waals surface area contributed by atoms with E-state index in [-0.39, 0.29) is 29.6 Å². The van der Waals surface area contributed by atoms with Crippen molar-refractivity contribution < 1.29 is 4.74 Å². The molecule has 23 heavy (non-hydrogen) atoms. The van der Waals surface area contributed by atoms with E-state index in [0.29, 0.717) is 12.5 Å². The number of fused-ring (bicyclic) bond motifs is 1. The molecule has 2 aliphatic carbocycles. The van der Waals surface area contributed by atoms with Gasteiger partial charge >= 0.3 is 0 Å². The Morgan fingerprint density at radius 2 is 1.91 bits per heavy atom. The van der Waals surface area contributed by atoms with Crippen molar-refractivity contribution in [2.45, 2.75) is 57.0 Å². The fraction of sp³-hybridized carbons (Fsp3) is 0.611. The van der Waals surface area contributed by atoms with Gasteiger partial charge in [0.2, 0.25) is 0 Å². The quantitative estimate of drug-likeness (QED) is 0.434. The van der Waals surface area contributed by atoms with Crippen LogP contribution in [-0.2, 0) is 17.6 Å². The minimum atomic E-state index is -0.109. The average Bonchev–Trinajstić information content (AvgIpc) is 3.01. The number of ether oxygens (including phenoxy) is 1. The molecule has 0 bridgehead atoms. The number of hydrogen-bond acceptors (Lipinski definition) is 2. The lowest BCUT2D eigenvalue weighted by Gasteiger charge is -2.34. The molecule has 128 valence electrons. The molecular weight excluding hydrogens is 401 g/mol. The lowest BCUT2D eigenvalue weighted by molar-refractivity contribution is -0.0308. The van der Waals surface area contributed by atoms with Gasteiger partial charge in [0.15, 0.2) is 5.96 Å². The molecule has 1 aromatic carbocycles. The lowest BCUT2D eigenvalue weighted by Crippen LogP contribution is -2.38. The van der Waals surface area contributed by atoms with Gasteiger partial charge in [-0.1, -0.05) is 25.3 Å². The van der Waals surface area contributed by atoms with E-state index in [2.05, 4.69) is 28.5 Å². The number of hydrogen-bond donors (Lipinski definition) is 2. The van der Waals surface area contributed by atoms with Crippen LogP contribution in [-0.4, -0.2) is 25.2 Å². The van der Waals surface area contributed by atoms with Gasteiger partial charge in [-0.2, -0.15) is 0 Å². The van der Waals surface area contributed by atoms with Crippen molar-refractivity contribution >= 4 is 35.6 Å². The summed E-state index contributed by atoms with van der Waals surface area (Å²) in [4.78, 5) is 4.54. The maximum atomic E-state index is 6.07. The Kier molecular flexibility index (Phi) is 6.71.